The fraction of sp³-hybridized carbons (Fsp3) is 0.143. The molecule has 0 saturated heterocycles. The number of nitro benzene ring substituents is 1. The van der Waals surface area contributed by atoms with Gasteiger partial charge in [-0.15, -0.1) is 0 Å². The Bertz CT molecular complexity index is 552. The zero-order valence-electron chi connectivity index (χ0n) is 10.00. The van der Waals surface area contributed by atoms with E-state index < -0.39 is 4.92 Å². The van der Waals surface area contributed by atoms with Crippen molar-refractivity contribution in [3.63, 3.8) is 0 Å². The predicted molar refractivity (Wildman–Crippen MR) is 68.6 cm³/mol. The minimum absolute atomic E-state index is 0.0829. The van der Waals surface area contributed by atoms with Crippen molar-refractivity contribution < 1.29 is 9.66 Å². The lowest BCUT2D eigenvalue weighted by atomic mass is 10.2. The van der Waals surface area contributed by atoms with Crippen LogP contribution < -0.4 is 4.74 Å². The van der Waals surface area contributed by atoms with Crippen molar-refractivity contribution in [3.05, 3.63) is 69.8 Å². The van der Waals surface area contributed by atoms with E-state index in [4.69, 9.17) is 4.74 Å². The normalized spacial score (nSPS) is 10.1. The highest BCUT2D eigenvalue weighted by molar-refractivity contribution is 5.43. The molecule has 0 aliphatic rings. The van der Waals surface area contributed by atoms with Gasteiger partial charge in [0.1, 0.15) is 12.4 Å². The monoisotopic (exact) mass is 243 g/mol. The molecule has 0 unspecified atom stereocenters. The summed E-state index contributed by atoms with van der Waals surface area (Å²) in [7, 11) is 0. The smallest absolute Gasteiger partial charge is 0.269 e. The van der Waals surface area contributed by atoms with Gasteiger partial charge in [0, 0.05) is 12.1 Å². The maximum absolute atomic E-state index is 10.6. The van der Waals surface area contributed by atoms with Gasteiger partial charge in [0.15, 0.2) is 0 Å². The van der Waals surface area contributed by atoms with Gasteiger partial charge in [-0.3, -0.25) is 10.1 Å². The fourth-order valence-electron chi connectivity index (χ4n) is 1.64. The molecule has 2 aromatic carbocycles. The number of benzene rings is 2. The van der Waals surface area contributed by atoms with E-state index >= 15 is 0 Å². The van der Waals surface area contributed by atoms with Crippen molar-refractivity contribution in [3.8, 4) is 5.75 Å². The molecule has 2 aromatic rings. The maximum Gasteiger partial charge on any atom is 0.269 e. The van der Waals surface area contributed by atoms with E-state index in [1.807, 2.05) is 30.3 Å². The molecule has 0 heterocycles. The summed E-state index contributed by atoms with van der Waals surface area (Å²) in [6.07, 6.45) is 0. The first-order chi connectivity index (χ1) is 8.66. The summed E-state index contributed by atoms with van der Waals surface area (Å²) in [6, 6.07) is 14.4. The maximum atomic E-state index is 10.6. The third kappa shape index (κ3) is 2.85. The van der Waals surface area contributed by atoms with Crippen LogP contribution in [0.15, 0.2) is 48.5 Å². The highest BCUT2D eigenvalue weighted by atomic mass is 16.6. The van der Waals surface area contributed by atoms with Crippen LogP contribution in [-0.4, -0.2) is 4.92 Å². The van der Waals surface area contributed by atoms with Crippen LogP contribution in [0.2, 0.25) is 0 Å². The summed E-state index contributed by atoms with van der Waals surface area (Å²) in [5.74, 6) is 0.671. The Balaban J connectivity index is 2.08. The van der Waals surface area contributed by atoms with Gasteiger partial charge in [0.2, 0.25) is 0 Å². The van der Waals surface area contributed by atoms with Crippen molar-refractivity contribution in [1.29, 1.82) is 0 Å². The van der Waals surface area contributed by atoms with Gasteiger partial charge in [-0.25, -0.2) is 0 Å². The van der Waals surface area contributed by atoms with Crippen molar-refractivity contribution in [1.82, 2.24) is 0 Å². The molecule has 0 spiro atoms. The molecule has 0 bridgehead atoms. The van der Waals surface area contributed by atoms with Crippen LogP contribution in [0.4, 0.5) is 5.69 Å². The Kier molecular flexibility index (Phi) is 3.57. The van der Waals surface area contributed by atoms with E-state index in [1.165, 1.54) is 12.1 Å². The second-order valence-electron chi connectivity index (χ2n) is 3.98. The lowest BCUT2D eigenvalue weighted by Gasteiger charge is -2.08. The zero-order chi connectivity index (χ0) is 13.0. The van der Waals surface area contributed by atoms with Crippen LogP contribution in [0.3, 0.4) is 0 Å². The largest absolute Gasteiger partial charge is 0.489 e. The third-order valence-electron chi connectivity index (χ3n) is 2.61. The number of rotatable bonds is 4. The standard InChI is InChI=1S/C14H13NO3/c1-11-9-13(15(16)17)7-8-14(11)18-10-12-5-3-2-4-6-12/h2-9H,10H2,1H3. The molecule has 0 aliphatic heterocycles. The summed E-state index contributed by atoms with van der Waals surface area (Å²) >= 11 is 0. The van der Waals surface area contributed by atoms with Gasteiger partial charge in [0.25, 0.3) is 5.69 Å². The van der Waals surface area contributed by atoms with Crippen LogP contribution in [0.1, 0.15) is 11.1 Å². The lowest BCUT2D eigenvalue weighted by molar-refractivity contribution is -0.384. The molecule has 2 rings (SSSR count). The van der Waals surface area contributed by atoms with Crippen LogP contribution in [-0.2, 0) is 6.61 Å². The summed E-state index contributed by atoms with van der Waals surface area (Å²) in [6.45, 7) is 2.26. The quantitative estimate of drug-likeness (QED) is 0.610. The second kappa shape index (κ2) is 5.31. The van der Waals surface area contributed by atoms with Gasteiger partial charge >= 0.3 is 0 Å². The van der Waals surface area contributed by atoms with Crippen LogP contribution in [0.5, 0.6) is 5.75 Å². The number of aryl methyl sites for hydroxylation is 1. The molecule has 4 nitrogen and oxygen atoms in total. The Morgan fingerprint density at radius 1 is 1.17 bits per heavy atom. The van der Waals surface area contributed by atoms with E-state index in [2.05, 4.69) is 0 Å². The van der Waals surface area contributed by atoms with Gasteiger partial charge in [-0.05, 0) is 24.1 Å². The average Bonchev–Trinajstić information content (AvgIpc) is 2.38. The van der Waals surface area contributed by atoms with Crippen LogP contribution in [0.25, 0.3) is 0 Å². The molecular weight excluding hydrogens is 230 g/mol. The first-order valence-corrected chi connectivity index (χ1v) is 5.58. The summed E-state index contributed by atoms with van der Waals surface area (Å²) in [5, 5.41) is 10.6. The Hall–Kier alpha value is -2.36. The van der Waals surface area contributed by atoms with Gasteiger partial charge in [-0.2, -0.15) is 0 Å². The molecule has 0 radical (unpaired) electrons. The second-order valence-corrected chi connectivity index (χ2v) is 3.98. The summed E-state index contributed by atoms with van der Waals surface area (Å²) in [5.41, 5.74) is 1.91. The SMILES string of the molecule is Cc1cc([N+](=O)[O-])ccc1OCc1ccccc1. The summed E-state index contributed by atoms with van der Waals surface area (Å²) < 4.78 is 5.63. The molecule has 0 fully saturated rings. The minimum Gasteiger partial charge on any atom is -0.489 e. The van der Waals surface area contributed by atoms with Crippen molar-refractivity contribution >= 4 is 5.69 Å². The number of hydrogen-bond acceptors (Lipinski definition) is 3. The molecule has 0 N–H and O–H groups in total. The van der Waals surface area contributed by atoms with Gasteiger partial charge < -0.3 is 4.74 Å². The summed E-state index contributed by atoms with van der Waals surface area (Å²) in [4.78, 5) is 10.2. The molecule has 92 valence electrons. The predicted octanol–water partition coefficient (Wildman–Crippen LogP) is 3.48. The van der Waals surface area contributed by atoms with Crippen LogP contribution in [0, 0.1) is 17.0 Å². The highest BCUT2D eigenvalue weighted by Gasteiger charge is 2.08. The number of nitrogens with zero attached hydrogens (tertiary/aromatic N) is 1. The number of hydrogen-bond donors (Lipinski definition) is 0. The van der Waals surface area contributed by atoms with E-state index in [-0.39, 0.29) is 5.69 Å². The molecular formula is C14H13NO3. The first kappa shape index (κ1) is 12.1. The minimum atomic E-state index is -0.409. The highest BCUT2D eigenvalue weighted by Crippen LogP contribution is 2.23. The Morgan fingerprint density at radius 3 is 2.50 bits per heavy atom. The van der Waals surface area contributed by atoms with Crippen molar-refractivity contribution in [2.75, 3.05) is 0 Å². The van der Waals surface area contributed by atoms with Crippen LogP contribution >= 0.6 is 0 Å². The number of ether oxygens (including phenoxy) is 1. The van der Waals surface area contributed by atoms with E-state index in [0.717, 1.165) is 11.1 Å². The van der Waals surface area contributed by atoms with Crippen molar-refractivity contribution in [2.45, 2.75) is 13.5 Å². The zero-order valence-corrected chi connectivity index (χ0v) is 10.00. The Morgan fingerprint density at radius 2 is 1.89 bits per heavy atom. The lowest BCUT2D eigenvalue weighted by Crippen LogP contribution is -1.97. The van der Waals surface area contributed by atoms with Gasteiger partial charge in [-0.1, -0.05) is 30.3 Å². The third-order valence-corrected chi connectivity index (χ3v) is 2.61. The van der Waals surface area contributed by atoms with Crippen molar-refractivity contribution in [2.24, 2.45) is 0 Å². The molecule has 18 heavy (non-hydrogen) atoms. The molecule has 0 amide bonds. The number of nitro groups is 1. The molecule has 0 aliphatic carbocycles. The molecule has 0 aromatic heterocycles. The van der Waals surface area contributed by atoms with Gasteiger partial charge in [0.05, 0.1) is 4.92 Å². The van der Waals surface area contributed by atoms with E-state index in [0.29, 0.717) is 12.4 Å². The Labute approximate surface area is 105 Å². The molecule has 0 atom stereocenters. The molecule has 4 heteroatoms. The number of non-ortho nitro benzene ring substituents is 1. The first-order valence-electron chi connectivity index (χ1n) is 5.58. The molecule has 0 saturated carbocycles. The van der Waals surface area contributed by atoms with E-state index in [9.17, 15) is 10.1 Å². The topological polar surface area (TPSA) is 52.4 Å². The average molecular weight is 243 g/mol. The fourth-order valence-corrected chi connectivity index (χ4v) is 1.64. The van der Waals surface area contributed by atoms with E-state index in [1.54, 1.807) is 13.0 Å².